The molecule has 0 saturated heterocycles. The summed E-state index contributed by atoms with van der Waals surface area (Å²) in [6.45, 7) is 3.84. The van der Waals surface area contributed by atoms with Gasteiger partial charge in [-0.2, -0.15) is 0 Å². The number of nitrogens with one attached hydrogen (secondary N) is 1. The van der Waals surface area contributed by atoms with E-state index < -0.39 is 11.5 Å². The van der Waals surface area contributed by atoms with Gasteiger partial charge in [-0.15, -0.1) is 0 Å². The molecule has 0 unspecified atom stereocenters. The fourth-order valence-corrected chi connectivity index (χ4v) is 2.31. The normalized spacial score (nSPS) is 20.3. The second-order valence-electron chi connectivity index (χ2n) is 4.43. The highest BCUT2D eigenvalue weighted by molar-refractivity contribution is 5.78. The molecule has 1 fully saturated rings. The number of ether oxygens (including phenoxy) is 1. The molecule has 4 nitrogen and oxygen atoms in total. The van der Waals surface area contributed by atoms with Gasteiger partial charge < -0.3 is 9.84 Å². The Morgan fingerprint density at radius 1 is 1.31 bits per heavy atom. The van der Waals surface area contributed by atoms with Gasteiger partial charge in [-0.1, -0.05) is 25.7 Å². The topological polar surface area (TPSA) is 58.6 Å². The molecule has 0 aromatic heterocycles. The highest BCUT2D eigenvalue weighted by Gasteiger charge is 2.37. The molecule has 0 radical (unpaired) electrons. The zero-order valence-corrected chi connectivity index (χ0v) is 10.1. The molecule has 0 atom stereocenters. The van der Waals surface area contributed by atoms with Crippen molar-refractivity contribution in [2.45, 2.75) is 51.0 Å². The first-order chi connectivity index (χ1) is 7.71. The van der Waals surface area contributed by atoms with Gasteiger partial charge in [0.25, 0.3) is 0 Å². The Kier molecular flexibility index (Phi) is 5.77. The monoisotopic (exact) mass is 229 g/mol. The summed E-state index contributed by atoms with van der Waals surface area (Å²) in [6.07, 6.45) is 5.81. The van der Waals surface area contributed by atoms with Gasteiger partial charge in [0, 0.05) is 13.2 Å². The third-order valence-corrected chi connectivity index (χ3v) is 3.28. The lowest BCUT2D eigenvalue weighted by atomic mass is 9.90. The third kappa shape index (κ3) is 3.76. The molecule has 0 spiro atoms. The summed E-state index contributed by atoms with van der Waals surface area (Å²) in [6, 6.07) is 0. The summed E-state index contributed by atoms with van der Waals surface area (Å²) in [7, 11) is 0. The molecule has 0 aromatic rings. The van der Waals surface area contributed by atoms with E-state index in [9.17, 15) is 9.90 Å². The predicted octanol–water partition coefficient (Wildman–Crippen LogP) is 1.79. The number of carboxylic acid groups (broad SMARTS) is 1. The van der Waals surface area contributed by atoms with Crippen molar-refractivity contribution >= 4 is 5.97 Å². The summed E-state index contributed by atoms with van der Waals surface area (Å²) < 4.78 is 5.23. The molecule has 1 rings (SSSR count). The van der Waals surface area contributed by atoms with Crippen molar-refractivity contribution in [3.8, 4) is 0 Å². The molecule has 16 heavy (non-hydrogen) atoms. The van der Waals surface area contributed by atoms with E-state index in [1.165, 1.54) is 0 Å². The molecular weight excluding hydrogens is 206 g/mol. The Labute approximate surface area is 97.4 Å². The average Bonchev–Trinajstić information content (AvgIpc) is 2.51. The van der Waals surface area contributed by atoms with Crippen molar-refractivity contribution in [1.82, 2.24) is 5.32 Å². The molecule has 0 bridgehead atoms. The van der Waals surface area contributed by atoms with Crippen LogP contribution in [0.25, 0.3) is 0 Å². The van der Waals surface area contributed by atoms with E-state index in [1.54, 1.807) is 0 Å². The minimum atomic E-state index is -0.703. The van der Waals surface area contributed by atoms with Crippen LogP contribution in [0.5, 0.6) is 0 Å². The van der Waals surface area contributed by atoms with Crippen molar-refractivity contribution in [1.29, 1.82) is 0 Å². The Balaban J connectivity index is 2.46. The first-order valence-corrected chi connectivity index (χ1v) is 6.27. The van der Waals surface area contributed by atoms with E-state index in [2.05, 4.69) is 5.32 Å². The molecule has 94 valence electrons. The molecule has 1 aliphatic carbocycles. The van der Waals surface area contributed by atoms with Gasteiger partial charge in [-0.25, -0.2) is 0 Å². The van der Waals surface area contributed by atoms with Crippen LogP contribution in [0.3, 0.4) is 0 Å². The maximum atomic E-state index is 11.4. The minimum absolute atomic E-state index is 0.589. The van der Waals surface area contributed by atoms with Crippen LogP contribution in [0.15, 0.2) is 0 Å². The van der Waals surface area contributed by atoms with E-state index in [-0.39, 0.29) is 0 Å². The highest BCUT2D eigenvalue weighted by Crippen LogP contribution is 2.27. The van der Waals surface area contributed by atoms with Crippen LogP contribution in [-0.4, -0.2) is 36.4 Å². The van der Waals surface area contributed by atoms with Crippen molar-refractivity contribution < 1.29 is 14.6 Å². The van der Waals surface area contributed by atoms with E-state index in [0.29, 0.717) is 19.8 Å². The Morgan fingerprint density at radius 3 is 2.44 bits per heavy atom. The maximum absolute atomic E-state index is 11.4. The lowest BCUT2D eigenvalue weighted by molar-refractivity contribution is -0.145. The molecule has 2 N–H and O–H groups in total. The van der Waals surface area contributed by atoms with Crippen molar-refractivity contribution in [3.05, 3.63) is 0 Å². The number of rotatable bonds is 6. The Morgan fingerprint density at radius 2 is 1.94 bits per heavy atom. The van der Waals surface area contributed by atoms with Crippen LogP contribution in [0.4, 0.5) is 0 Å². The van der Waals surface area contributed by atoms with Gasteiger partial charge in [-0.3, -0.25) is 10.1 Å². The van der Waals surface area contributed by atoms with Crippen molar-refractivity contribution in [2.75, 3.05) is 19.8 Å². The third-order valence-electron chi connectivity index (χ3n) is 3.28. The van der Waals surface area contributed by atoms with Gasteiger partial charge in [0.2, 0.25) is 0 Å². The first kappa shape index (κ1) is 13.5. The largest absolute Gasteiger partial charge is 0.480 e. The number of hydrogen-bond donors (Lipinski definition) is 2. The molecule has 4 heteroatoms. The van der Waals surface area contributed by atoms with Crippen LogP contribution in [0, 0.1) is 0 Å². The average molecular weight is 229 g/mol. The lowest BCUT2D eigenvalue weighted by Crippen LogP contribution is -2.52. The molecule has 1 saturated carbocycles. The second-order valence-corrected chi connectivity index (χ2v) is 4.43. The van der Waals surface area contributed by atoms with Crippen molar-refractivity contribution in [3.63, 3.8) is 0 Å². The number of aliphatic carboxylic acids is 1. The SMILES string of the molecule is CCOCCNC1(C(=O)O)CCCCCC1. The molecule has 1 aliphatic rings. The van der Waals surface area contributed by atoms with Crippen LogP contribution in [-0.2, 0) is 9.53 Å². The number of carboxylic acids is 1. The van der Waals surface area contributed by atoms with Gasteiger partial charge >= 0.3 is 5.97 Å². The summed E-state index contributed by atoms with van der Waals surface area (Å²) in [5, 5.41) is 12.6. The summed E-state index contributed by atoms with van der Waals surface area (Å²) in [5.41, 5.74) is -0.701. The van der Waals surface area contributed by atoms with Crippen LogP contribution >= 0.6 is 0 Å². The number of hydrogen-bond acceptors (Lipinski definition) is 3. The van der Waals surface area contributed by atoms with Gasteiger partial charge in [0.15, 0.2) is 0 Å². The van der Waals surface area contributed by atoms with Crippen LogP contribution < -0.4 is 5.32 Å². The second kappa shape index (κ2) is 6.86. The minimum Gasteiger partial charge on any atom is -0.480 e. The first-order valence-electron chi connectivity index (χ1n) is 6.27. The molecule has 0 aromatic carbocycles. The summed E-state index contributed by atoms with van der Waals surface area (Å²) in [4.78, 5) is 11.4. The molecule has 0 heterocycles. The molecular formula is C12H23NO3. The zero-order chi connectivity index (χ0) is 11.9. The van der Waals surface area contributed by atoms with E-state index in [1.807, 2.05) is 6.92 Å². The smallest absolute Gasteiger partial charge is 0.323 e. The van der Waals surface area contributed by atoms with Gasteiger partial charge in [-0.05, 0) is 19.8 Å². The fraction of sp³-hybridized carbons (Fsp3) is 0.917. The highest BCUT2D eigenvalue weighted by atomic mass is 16.5. The summed E-state index contributed by atoms with van der Waals surface area (Å²) in [5.74, 6) is -0.703. The van der Waals surface area contributed by atoms with E-state index in [0.717, 1.165) is 38.5 Å². The lowest BCUT2D eigenvalue weighted by Gasteiger charge is -2.29. The number of carbonyl (C=O) groups is 1. The molecule has 0 amide bonds. The fourth-order valence-electron chi connectivity index (χ4n) is 2.31. The van der Waals surface area contributed by atoms with Crippen molar-refractivity contribution in [2.24, 2.45) is 0 Å². The quantitative estimate of drug-likeness (QED) is 0.538. The standard InChI is InChI=1S/C12H23NO3/c1-2-16-10-9-13-12(11(14)15)7-5-3-4-6-8-12/h13H,2-10H2,1H3,(H,14,15). The van der Waals surface area contributed by atoms with Crippen LogP contribution in [0.1, 0.15) is 45.4 Å². The Bertz CT molecular complexity index is 210. The maximum Gasteiger partial charge on any atom is 0.323 e. The van der Waals surface area contributed by atoms with E-state index in [4.69, 9.17) is 4.74 Å². The molecule has 0 aliphatic heterocycles. The summed E-state index contributed by atoms with van der Waals surface area (Å²) >= 11 is 0. The van der Waals surface area contributed by atoms with Crippen LogP contribution in [0.2, 0.25) is 0 Å². The Hall–Kier alpha value is -0.610. The van der Waals surface area contributed by atoms with Gasteiger partial charge in [0.05, 0.1) is 6.61 Å². The zero-order valence-electron chi connectivity index (χ0n) is 10.1. The predicted molar refractivity (Wildman–Crippen MR) is 62.6 cm³/mol. The van der Waals surface area contributed by atoms with Gasteiger partial charge in [0.1, 0.15) is 5.54 Å². The van der Waals surface area contributed by atoms with E-state index >= 15 is 0 Å².